The molecule has 5 aromatic rings. The van der Waals surface area contributed by atoms with Gasteiger partial charge in [-0.05, 0) is 49.1 Å². The van der Waals surface area contributed by atoms with E-state index in [1.54, 1.807) is 29.8 Å². The van der Waals surface area contributed by atoms with Gasteiger partial charge in [0.2, 0.25) is 0 Å². The molecule has 194 valence electrons. The van der Waals surface area contributed by atoms with Crippen LogP contribution in [0.5, 0.6) is 11.5 Å². The minimum Gasteiger partial charge on any atom is -0.481 e. The zero-order valence-corrected chi connectivity index (χ0v) is 22.5. The molecular formula is C29H26FN2O4PS. The molecule has 3 N–H and O–H groups in total. The molecular weight excluding hydrogens is 522 g/mol. The monoisotopic (exact) mass is 548 g/mol. The number of nitrogens with one attached hydrogen (secondary N) is 1. The van der Waals surface area contributed by atoms with Crippen molar-refractivity contribution < 1.29 is 24.1 Å². The summed E-state index contributed by atoms with van der Waals surface area (Å²) < 4.78 is 21.2. The van der Waals surface area contributed by atoms with Gasteiger partial charge in [0.25, 0.3) is 0 Å². The summed E-state index contributed by atoms with van der Waals surface area (Å²) in [6, 6.07) is 18.0. The average Bonchev–Trinajstić information content (AvgIpc) is 3.57. The number of thiazole rings is 1. The highest BCUT2D eigenvalue weighted by Gasteiger charge is 2.20. The molecule has 0 aliphatic carbocycles. The van der Waals surface area contributed by atoms with Crippen molar-refractivity contribution in [3.05, 3.63) is 94.9 Å². The highest BCUT2D eigenvalue weighted by atomic mass is 32.1. The molecule has 0 aliphatic heterocycles. The molecule has 0 fully saturated rings. The van der Waals surface area contributed by atoms with E-state index in [1.165, 1.54) is 17.4 Å². The van der Waals surface area contributed by atoms with Crippen LogP contribution < -0.4 is 10.0 Å². The fourth-order valence-electron chi connectivity index (χ4n) is 4.37. The number of aliphatic carboxylic acids is 1. The smallest absolute Gasteiger partial charge is 0.303 e. The number of H-pyrrole nitrogens is 1. The Kier molecular flexibility index (Phi) is 7.56. The number of carboxylic acids is 1. The molecule has 1 atom stereocenters. The van der Waals surface area contributed by atoms with Gasteiger partial charge in [-0.15, -0.1) is 11.3 Å². The number of benzene rings is 3. The van der Waals surface area contributed by atoms with Gasteiger partial charge in [0.1, 0.15) is 16.9 Å². The summed E-state index contributed by atoms with van der Waals surface area (Å²) in [5.74, 6) is -0.538. The predicted octanol–water partition coefficient (Wildman–Crippen LogP) is 6.69. The fourth-order valence-corrected chi connectivity index (χ4v) is 6.44. The first-order valence-corrected chi connectivity index (χ1v) is 15.1. The molecule has 0 aliphatic rings. The van der Waals surface area contributed by atoms with Gasteiger partial charge in [0.15, 0.2) is 11.6 Å². The first kappa shape index (κ1) is 26.0. The van der Waals surface area contributed by atoms with Crippen LogP contribution in [0.2, 0.25) is 0 Å². The number of aryl methyl sites for hydroxylation is 1. The number of carbonyl (C=O) groups is 1. The van der Waals surface area contributed by atoms with E-state index in [0.29, 0.717) is 28.4 Å². The van der Waals surface area contributed by atoms with Gasteiger partial charge in [-0.1, -0.05) is 44.3 Å². The molecule has 2 aromatic heterocycles. The number of hydrogen-bond donors (Lipinski definition) is 3. The van der Waals surface area contributed by atoms with E-state index in [0.717, 1.165) is 27.3 Å². The maximum Gasteiger partial charge on any atom is 0.303 e. The Morgan fingerprint density at radius 3 is 2.76 bits per heavy atom. The van der Waals surface area contributed by atoms with Gasteiger partial charge in [0, 0.05) is 45.8 Å². The van der Waals surface area contributed by atoms with Gasteiger partial charge in [-0.2, -0.15) is 0 Å². The number of carboxylic acid groups (broad SMARTS) is 1. The number of rotatable bonds is 9. The van der Waals surface area contributed by atoms with Crippen molar-refractivity contribution in [2.75, 3.05) is 13.3 Å². The van der Waals surface area contributed by atoms with E-state index >= 15 is 4.39 Å². The second kappa shape index (κ2) is 11.0. The lowest BCUT2D eigenvalue weighted by Gasteiger charge is -2.16. The van der Waals surface area contributed by atoms with Gasteiger partial charge in [0.05, 0.1) is 5.69 Å². The second-order valence-electron chi connectivity index (χ2n) is 9.12. The summed E-state index contributed by atoms with van der Waals surface area (Å²) in [6.07, 6.45) is 1.28. The Balaban J connectivity index is 1.39. The van der Waals surface area contributed by atoms with Crippen LogP contribution in [0.4, 0.5) is 4.39 Å². The molecule has 38 heavy (non-hydrogen) atoms. The number of aromatic amines is 1. The molecule has 1 unspecified atom stereocenters. The highest BCUT2D eigenvalue weighted by molar-refractivity contribution is 7.64. The molecule has 0 bridgehead atoms. The van der Waals surface area contributed by atoms with Crippen molar-refractivity contribution in [3.8, 4) is 22.1 Å². The van der Waals surface area contributed by atoms with Gasteiger partial charge in [-0.25, -0.2) is 9.37 Å². The number of aliphatic hydroxyl groups is 1. The SMILES string of the molecule is CP(C)c1c(Oc2cccc(-c3nc(C(O)c4cccc(CCC(=O)O)c4)cs3)c2)c(F)cc2[nH]ccc12. The minimum absolute atomic E-state index is 0.0292. The summed E-state index contributed by atoms with van der Waals surface area (Å²) in [5.41, 5.74) is 3.54. The molecule has 2 heterocycles. The normalized spacial score (nSPS) is 12.2. The Hall–Kier alpha value is -3.58. The maximum absolute atomic E-state index is 15.1. The third-order valence-electron chi connectivity index (χ3n) is 6.18. The minimum atomic E-state index is -0.942. The topological polar surface area (TPSA) is 95.4 Å². The molecule has 0 spiro atoms. The predicted molar refractivity (Wildman–Crippen MR) is 151 cm³/mol. The first-order valence-electron chi connectivity index (χ1n) is 12.0. The third-order valence-corrected chi connectivity index (χ3v) is 8.43. The van der Waals surface area contributed by atoms with E-state index < -0.39 is 25.8 Å². The number of nitrogens with zero attached hydrogens (tertiary/aromatic N) is 1. The number of ether oxygens (including phenoxy) is 1. The molecule has 0 amide bonds. The van der Waals surface area contributed by atoms with Gasteiger partial charge >= 0.3 is 5.97 Å². The van der Waals surface area contributed by atoms with E-state index in [9.17, 15) is 9.90 Å². The molecule has 9 heteroatoms. The number of aromatic nitrogens is 2. The standard InChI is InChI=1S/C29H26FN2O4PS/c1-37(2)28-21-11-12-31-23(21)15-22(30)27(28)36-20-8-4-7-19(14-20)29-32-24(16-38-29)26(35)18-6-3-5-17(13-18)9-10-25(33)34/h3-8,11-16,26,31,35H,9-10H2,1-2H3,(H,33,34). The first-order chi connectivity index (χ1) is 18.3. The van der Waals surface area contributed by atoms with Gasteiger partial charge < -0.3 is 19.9 Å². The largest absolute Gasteiger partial charge is 0.481 e. The lowest BCUT2D eigenvalue weighted by atomic mass is 10.0. The molecule has 3 aromatic carbocycles. The molecule has 0 radical (unpaired) electrons. The molecule has 5 rings (SSSR count). The summed E-state index contributed by atoms with van der Waals surface area (Å²) in [7, 11) is -0.641. The number of hydrogen-bond acceptors (Lipinski definition) is 5. The second-order valence-corrected chi connectivity index (χ2v) is 12.2. The fraction of sp³-hybridized carbons (Fsp3) is 0.172. The van der Waals surface area contributed by atoms with Crippen LogP contribution in [-0.2, 0) is 11.2 Å². The van der Waals surface area contributed by atoms with E-state index in [1.807, 2.05) is 36.4 Å². The van der Waals surface area contributed by atoms with Crippen LogP contribution in [0, 0.1) is 5.82 Å². The summed E-state index contributed by atoms with van der Waals surface area (Å²) >= 11 is 1.39. The zero-order chi connectivity index (χ0) is 26.8. The Bertz CT molecular complexity index is 1610. The Labute approximate surface area is 224 Å². The summed E-state index contributed by atoms with van der Waals surface area (Å²) in [5, 5.41) is 24.2. The Morgan fingerprint density at radius 2 is 1.97 bits per heavy atom. The van der Waals surface area contributed by atoms with E-state index in [-0.39, 0.29) is 12.2 Å². The van der Waals surface area contributed by atoms with Crippen LogP contribution >= 0.6 is 19.3 Å². The number of halogens is 1. The summed E-state index contributed by atoms with van der Waals surface area (Å²) in [6.45, 7) is 4.15. The molecule has 0 saturated heterocycles. The van der Waals surface area contributed by atoms with Crippen molar-refractivity contribution >= 4 is 41.4 Å². The van der Waals surface area contributed by atoms with E-state index in [2.05, 4.69) is 23.3 Å². The van der Waals surface area contributed by atoms with Crippen LogP contribution in [0.3, 0.4) is 0 Å². The average molecular weight is 549 g/mol. The molecule has 0 saturated carbocycles. The van der Waals surface area contributed by atoms with Crippen molar-refractivity contribution in [1.29, 1.82) is 0 Å². The summed E-state index contributed by atoms with van der Waals surface area (Å²) in [4.78, 5) is 18.6. The van der Waals surface area contributed by atoms with Crippen molar-refractivity contribution in [2.45, 2.75) is 18.9 Å². The van der Waals surface area contributed by atoms with Crippen LogP contribution in [0.15, 0.2) is 72.2 Å². The lowest BCUT2D eigenvalue weighted by Crippen LogP contribution is -2.08. The van der Waals surface area contributed by atoms with E-state index in [4.69, 9.17) is 9.84 Å². The zero-order valence-electron chi connectivity index (χ0n) is 20.8. The third kappa shape index (κ3) is 5.48. The highest BCUT2D eigenvalue weighted by Crippen LogP contribution is 2.39. The lowest BCUT2D eigenvalue weighted by molar-refractivity contribution is -0.136. The maximum atomic E-state index is 15.1. The number of aliphatic hydroxyl groups excluding tert-OH is 1. The van der Waals surface area contributed by atoms with Crippen LogP contribution in [0.1, 0.15) is 29.3 Å². The van der Waals surface area contributed by atoms with Crippen LogP contribution in [-0.4, -0.2) is 39.5 Å². The van der Waals surface area contributed by atoms with Crippen molar-refractivity contribution in [3.63, 3.8) is 0 Å². The Morgan fingerprint density at radius 1 is 1.16 bits per heavy atom. The van der Waals surface area contributed by atoms with Crippen LogP contribution in [0.25, 0.3) is 21.5 Å². The quantitative estimate of drug-likeness (QED) is 0.179. The molecule has 6 nitrogen and oxygen atoms in total. The number of fused-ring (bicyclic) bond motifs is 1. The van der Waals surface area contributed by atoms with Crippen molar-refractivity contribution in [1.82, 2.24) is 9.97 Å². The van der Waals surface area contributed by atoms with Gasteiger partial charge in [-0.3, -0.25) is 4.79 Å². The van der Waals surface area contributed by atoms with Crippen molar-refractivity contribution in [2.24, 2.45) is 0 Å².